The van der Waals surface area contributed by atoms with Crippen LogP contribution in [0, 0.1) is 10.1 Å². The fraction of sp³-hybridized carbons (Fsp3) is 0.417. The molecule has 1 aromatic carbocycles. The van der Waals surface area contributed by atoms with Gasteiger partial charge in [-0.2, -0.15) is 0 Å². The number of hydrogen-bond acceptors (Lipinski definition) is 4. The summed E-state index contributed by atoms with van der Waals surface area (Å²) in [6, 6.07) is 6.47. The highest BCUT2D eigenvalue weighted by atomic mass is 32.2. The molecule has 1 N–H and O–H groups in total. The van der Waals surface area contributed by atoms with E-state index in [1.54, 1.807) is 23.9 Å². The van der Waals surface area contributed by atoms with E-state index in [9.17, 15) is 14.9 Å². The molecule has 0 radical (unpaired) electrons. The third-order valence-corrected chi connectivity index (χ3v) is 4.41. The van der Waals surface area contributed by atoms with Gasteiger partial charge >= 0.3 is 6.09 Å². The number of piperidine rings is 1. The summed E-state index contributed by atoms with van der Waals surface area (Å²) in [6.45, 7) is 1.11. The number of nitro groups is 1. The first kappa shape index (κ1) is 13.7. The number of benzene rings is 1. The average molecular weight is 282 g/mol. The summed E-state index contributed by atoms with van der Waals surface area (Å²) in [5.41, 5.74) is 0.0880. The van der Waals surface area contributed by atoms with Crippen LogP contribution in [0.15, 0.2) is 29.2 Å². The van der Waals surface area contributed by atoms with E-state index in [4.69, 9.17) is 5.11 Å². The Morgan fingerprint density at radius 2 is 1.89 bits per heavy atom. The fourth-order valence-corrected chi connectivity index (χ4v) is 3.13. The molecule has 0 saturated carbocycles. The molecule has 0 aromatic heterocycles. The average Bonchev–Trinajstić information content (AvgIpc) is 2.40. The maximum absolute atomic E-state index is 10.8. The van der Waals surface area contributed by atoms with Crippen LogP contribution in [0.3, 0.4) is 0 Å². The van der Waals surface area contributed by atoms with Crippen LogP contribution < -0.4 is 0 Å². The molecule has 0 bridgehead atoms. The van der Waals surface area contributed by atoms with Crippen LogP contribution in [0.1, 0.15) is 12.8 Å². The van der Waals surface area contributed by atoms with Crippen LogP contribution in [-0.4, -0.2) is 39.4 Å². The van der Waals surface area contributed by atoms with Crippen molar-refractivity contribution in [3.8, 4) is 0 Å². The predicted octanol–water partition coefficient (Wildman–Crippen LogP) is 2.83. The number of carboxylic acid groups (broad SMARTS) is 1. The van der Waals surface area contributed by atoms with Gasteiger partial charge in [0.2, 0.25) is 0 Å². The normalized spacial score (nSPS) is 16.3. The zero-order valence-corrected chi connectivity index (χ0v) is 11.0. The maximum Gasteiger partial charge on any atom is 0.407 e. The second kappa shape index (κ2) is 5.92. The lowest BCUT2D eigenvalue weighted by molar-refractivity contribution is -0.384. The molecule has 19 heavy (non-hydrogen) atoms. The van der Waals surface area contributed by atoms with E-state index in [1.807, 2.05) is 0 Å². The summed E-state index contributed by atoms with van der Waals surface area (Å²) in [6.07, 6.45) is 0.765. The van der Waals surface area contributed by atoms with Crippen molar-refractivity contribution < 1.29 is 14.8 Å². The van der Waals surface area contributed by atoms with Crippen LogP contribution in [0.2, 0.25) is 0 Å². The summed E-state index contributed by atoms with van der Waals surface area (Å²) in [7, 11) is 0. The number of non-ortho nitro benzene ring substituents is 1. The number of thioether (sulfide) groups is 1. The van der Waals surface area contributed by atoms with Crippen LogP contribution >= 0.6 is 11.8 Å². The monoisotopic (exact) mass is 282 g/mol. The van der Waals surface area contributed by atoms with Crippen molar-refractivity contribution in [1.82, 2.24) is 4.90 Å². The van der Waals surface area contributed by atoms with Crippen molar-refractivity contribution in [2.75, 3.05) is 13.1 Å². The first-order valence-corrected chi connectivity index (χ1v) is 6.83. The molecular weight excluding hydrogens is 268 g/mol. The van der Waals surface area contributed by atoms with Gasteiger partial charge in [0.25, 0.3) is 5.69 Å². The molecule has 1 aromatic rings. The lowest BCUT2D eigenvalue weighted by Crippen LogP contribution is -2.38. The Bertz CT molecular complexity index is 469. The molecule has 1 aliphatic heterocycles. The van der Waals surface area contributed by atoms with Gasteiger partial charge < -0.3 is 10.0 Å². The van der Waals surface area contributed by atoms with Crippen LogP contribution in [0.25, 0.3) is 0 Å². The Kier molecular flexibility index (Phi) is 4.26. The Morgan fingerprint density at radius 1 is 1.32 bits per heavy atom. The van der Waals surface area contributed by atoms with Gasteiger partial charge in [-0.3, -0.25) is 10.1 Å². The minimum absolute atomic E-state index is 0.0880. The molecule has 1 heterocycles. The Morgan fingerprint density at radius 3 is 2.37 bits per heavy atom. The topological polar surface area (TPSA) is 83.7 Å². The molecule has 6 nitrogen and oxygen atoms in total. The third kappa shape index (κ3) is 3.60. The van der Waals surface area contributed by atoms with E-state index in [0.717, 1.165) is 17.7 Å². The zero-order valence-electron chi connectivity index (χ0n) is 10.2. The van der Waals surface area contributed by atoms with Gasteiger partial charge in [-0.25, -0.2) is 4.79 Å². The van der Waals surface area contributed by atoms with Crippen LogP contribution in [-0.2, 0) is 0 Å². The fourth-order valence-electron chi connectivity index (χ4n) is 2.00. The number of hydrogen-bond donors (Lipinski definition) is 1. The second-order valence-corrected chi connectivity index (χ2v) is 5.71. The van der Waals surface area contributed by atoms with Gasteiger partial charge in [0.05, 0.1) is 4.92 Å². The molecule has 1 fully saturated rings. The summed E-state index contributed by atoms with van der Waals surface area (Å²) >= 11 is 1.66. The number of amides is 1. The van der Waals surface area contributed by atoms with Crippen molar-refractivity contribution >= 4 is 23.5 Å². The Balaban J connectivity index is 1.88. The molecule has 102 valence electrons. The number of rotatable bonds is 3. The highest BCUT2D eigenvalue weighted by molar-refractivity contribution is 8.00. The van der Waals surface area contributed by atoms with Crippen molar-refractivity contribution in [3.63, 3.8) is 0 Å². The second-order valence-electron chi connectivity index (χ2n) is 4.34. The minimum atomic E-state index is -0.862. The molecule has 1 saturated heterocycles. The predicted molar refractivity (Wildman–Crippen MR) is 71.6 cm³/mol. The number of nitrogens with zero attached hydrogens (tertiary/aromatic N) is 2. The van der Waals surface area contributed by atoms with Crippen molar-refractivity contribution in [2.24, 2.45) is 0 Å². The molecule has 1 amide bonds. The Labute approximate surface area is 114 Å². The lowest BCUT2D eigenvalue weighted by atomic mass is 10.1. The van der Waals surface area contributed by atoms with Gasteiger partial charge in [0.15, 0.2) is 0 Å². The lowest BCUT2D eigenvalue weighted by Gasteiger charge is -2.29. The smallest absolute Gasteiger partial charge is 0.407 e. The van der Waals surface area contributed by atoms with Crippen LogP contribution in [0.4, 0.5) is 10.5 Å². The molecule has 1 aliphatic rings. The van der Waals surface area contributed by atoms with E-state index in [0.29, 0.717) is 18.3 Å². The quantitative estimate of drug-likeness (QED) is 0.680. The van der Waals surface area contributed by atoms with E-state index < -0.39 is 11.0 Å². The van der Waals surface area contributed by atoms with Gasteiger partial charge in [-0.15, -0.1) is 11.8 Å². The van der Waals surface area contributed by atoms with Gasteiger partial charge in [0, 0.05) is 35.4 Å². The third-order valence-electron chi connectivity index (χ3n) is 3.06. The van der Waals surface area contributed by atoms with E-state index >= 15 is 0 Å². The van der Waals surface area contributed by atoms with E-state index in [-0.39, 0.29) is 5.69 Å². The molecule has 7 heteroatoms. The Hall–Kier alpha value is -1.76. The van der Waals surface area contributed by atoms with Crippen molar-refractivity contribution in [3.05, 3.63) is 34.4 Å². The first-order chi connectivity index (χ1) is 9.06. The summed E-state index contributed by atoms with van der Waals surface area (Å²) in [4.78, 5) is 23.3. The maximum atomic E-state index is 10.8. The van der Waals surface area contributed by atoms with Gasteiger partial charge in [-0.05, 0) is 25.0 Å². The highest BCUT2D eigenvalue weighted by Crippen LogP contribution is 2.31. The summed E-state index contributed by atoms with van der Waals surface area (Å²) in [5.74, 6) is 0. The van der Waals surface area contributed by atoms with Gasteiger partial charge in [-0.1, -0.05) is 0 Å². The molecular formula is C12H14N2O4S. The molecule has 0 unspecified atom stereocenters. The molecule has 0 spiro atoms. The summed E-state index contributed by atoms with van der Waals surface area (Å²) in [5, 5.41) is 19.8. The largest absolute Gasteiger partial charge is 0.465 e. The summed E-state index contributed by atoms with van der Waals surface area (Å²) < 4.78 is 0. The zero-order chi connectivity index (χ0) is 13.8. The molecule has 0 aliphatic carbocycles. The van der Waals surface area contributed by atoms with E-state index in [1.165, 1.54) is 17.0 Å². The molecule has 2 rings (SSSR count). The number of carbonyl (C=O) groups is 1. The van der Waals surface area contributed by atoms with Crippen LogP contribution in [0.5, 0.6) is 0 Å². The first-order valence-electron chi connectivity index (χ1n) is 5.95. The SMILES string of the molecule is O=C(O)N1CCC(Sc2ccc([N+](=O)[O-])cc2)CC1. The van der Waals surface area contributed by atoms with Gasteiger partial charge in [0.1, 0.15) is 0 Å². The molecule has 0 atom stereocenters. The number of nitro benzene ring substituents is 1. The minimum Gasteiger partial charge on any atom is -0.465 e. The van der Waals surface area contributed by atoms with Crippen molar-refractivity contribution in [1.29, 1.82) is 0 Å². The van der Waals surface area contributed by atoms with E-state index in [2.05, 4.69) is 0 Å². The van der Waals surface area contributed by atoms with Crippen molar-refractivity contribution in [2.45, 2.75) is 23.0 Å². The highest BCUT2D eigenvalue weighted by Gasteiger charge is 2.22. The number of likely N-dealkylation sites (tertiary alicyclic amines) is 1. The standard InChI is InChI=1S/C12H14N2O4S/c15-12(16)13-7-5-11(6-8-13)19-10-3-1-9(2-4-10)14(17)18/h1-4,11H,5-8H2,(H,15,16).